The summed E-state index contributed by atoms with van der Waals surface area (Å²) >= 11 is 0. The molecule has 0 spiro atoms. The molecule has 0 fully saturated rings. The van der Waals surface area contributed by atoms with E-state index in [0.29, 0.717) is 13.2 Å². The molecule has 3 rings (SSSR count). The molecule has 1 heterocycles. The molecule has 0 saturated carbocycles. The Bertz CT molecular complexity index is 749. The van der Waals surface area contributed by atoms with Crippen molar-refractivity contribution >= 4 is 11.0 Å². The Morgan fingerprint density at radius 3 is 2.57 bits per heavy atom. The van der Waals surface area contributed by atoms with E-state index in [4.69, 9.17) is 9.47 Å². The van der Waals surface area contributed by atoms with E-state index in [1.54, 1.807) is 14.2 Å². The van der Waals surface area contributed by atoms with E-state index >= 15 is 0 Å². The number of nitrogens with zero attached hydrogens (tertiary/aromatic N) is 2. The predicted molar refractivity (Wildman–Crippen MR) is 82.5 cm³/mol. The fourth-order valence-corrected chi connectivity index (χ4v) is 2.55. The first-order valence-corrected chi connectivity index (χ1v) is 6.88. The number of aromatic nitrogens is 2. The Balaban J connectivity index is 2.08. The third-order valence-corrected chi connectivity index (χ3v) is 3.53. The van der Waals surface area contributed by atoms with Gasteiger partial charge in [-0.25, -0.2) is 4.98 Å². The van der Waals surface area contributed by atoms with Gasteiger partial charge < -0.3 is 14.0 Å². The zero-order chi connectivity index (χ0) is 14.7. The summed E-state index contributed by atoms with van der Waals surface area (Å²) in [6, 6.07) is 16.2. The molecule has 4 nitrogen and oxygen atoms in total. The van der Waals surface area contributed by atoms with Gasteiger partial charge in [-0.3, -0.25) is 0 Å². The molecule has 0 atom stereocenters. The van der Waals surface area contributed by atoms with Gasteiger partial charge in [0.2, 0.25) is 0 Å². The molecular formula is C17H18N2O2. The zero-order valence-corrected chi connectivity index (χ0v) is 12.2. The van der Waals surface area contributed by atoms with Crippen LogP contribution in [0.4, 0.5) is 0 Å². The first kappa shape index (κ1) is 13.6. The van der Waals surface area contributed by atoms with Crippen LogP contribution in [0.2, 0.25) is 0 Å². The van der Waals surface area contributed by atoms with Crippen LogP contribution in [0.15, 0.2) is 48.5 Å². The summed E-state index contributed by atoms with van der Waals surface area (Å²) in [5.74, 6) is 1.81. The summed E-state index contributed by atoms with van der Waals surface area (Å²) in [4.78, 5) is 4.65. The summed E-state index contributed by atoms with van der Waals surface area (Å²) < 4.78 is 12.9. The average molecular weight is 282 g/mol. The van der Waals surface area contributed by atoms with Crippen molar-refractivity contribution in [1.29, 1.82) is 0 Å². The van der Waals surface area contributed by atoms with Crippen LogP contribution in [0.25, 0.3) is 11.0 Å². The Morgan fingerprint density at radius 1 is 1.00 bits per heavy atom. The molecule has 108 valence electrons. The number of imidazole rings is 1. The maximum Gasteiger partial charge on any atom is 0.136 e. The lowest BCUT2D eigenvalue weighted by molar-refractivity contribution is 0.175. The van der Waals surface area contributed by atoms with Crippen molar-refractivity contribution in [2.24, 2.45) is 0 Å². The number of ether oxygens (including phenoxy) is 2. The zero-order valence-electron chi connectivity index (χ0n) is 12.2. The van der Waals surface area contributed by atoms with Crippen molar-refractivity contribution in [3.8, 4) is 5.75 Å². The van der Waals surface area contributed by atoms with Crippen molar-refractivity contribution in [3.05, 3.63) is 59.9 Å². The second kappa shape index (κ2) is 5.97. The molecule has 1 aromatic heterocycles. The quantitative estimate of drug-likeness (QED) is 0.721. The Hall–Kier alpha value is -2.33. The van der Waals surface area contributed by atoms with Gasteiger partial charge in [0.05, 0.1) is 24.7 Å². The summed E-state index contributed by atoms with van der Waals surface area (Å²) in [6.45, 7) is 1.20. The van der Waals surface area contributed by atoms with E-state index in [0.717, 1.165) is 28.2 Å². The molecule has 0 radical (unpaired) electrons. The van der Waals surface area contributed by atoms with Crippen LogP contribution in [0.3, 0.4) is 0 Å². The van der Waals surface area contributed by atoms with Gasteiger partial charge in [0, 0.05) is 12.7 Å². The monoisotopic (exact) mass is 282 g/mol. The largest absolute Gasteiger partial charge is 0.496 e. The third-order valence-electron chi connectivity index (χ3n) is 3.53. The van der Waals surface area contributed by atoms with E-state index in [9.17, 15) is 0 Å². The minimum atomic E-state index is 0.490. The number of hydrogen-bond donors (Lipinski definition) is 0. The van der Waals surface area contributed by atoms with Crippen molar-refractivity contribution in [2.45, 2.75) is 13.2 Å². The lowest BCUT2D eigenvalue weighted by Crippen LogP contribution is -2.07. The minimum absolute atomic E-state index is 0.490. The first-order valence-electron chi connectivity index (χ1n) is 6.88. The van der Waals surface area contributed by atoms with Gasteiger partial charge in [0.1, 0.15) is 18.2 Å². The topological polar surface area (TPSA) is 36.3 Å². The summed E-state index contributed by atoms with van der Waals surface area (Å²) in [5.41, 5.74) is 3.22. The molecule has 2 aromatic carbocycles. The molecule has 0 amide bonds. The van der Waals surface area contributed by atoms with Crippen LogP contribution >= 0.6 is 0 Å². The van der Waals surface area contributed by atoms with E-state index < -0.39 is 0 Å². The molecule has 0 aliphatic heterocycles. The third kappa shape index (κ3) is 2.62. The number of hydrogen-bond acceptors (Lipinski definition) is 3. The number of fused-ring (bicyclic) bond motifs is 1. The van der Waals surface area contributed by atoms with Gasteiger partial charge >= 0.3 is 0 Å². The standard InChI is InChI=1S/C17H18N2O2/c1-20-12-17-18-14-8-4-5-9-15(14)19(17)11-13-7-3-6-10-16(13)21-2/h3-10H,11-12H2,1-2H3. The van der Waals surface area contributed by atoms with Crippen molar-refractivity contribution in [1.82, 2.24) is 9.55 Å². The minimum Gasteiger partial charge on any atom is -0.496 e. The van der Waals surface area contributed by atoms with Crippen LogP contribution in [-0.4, -0.2) is 23.8 Å². The van der Waals surface area contributed by atoms with Gasteiger partial charge in [-0.2, -0.15) is 0 Å². The summed E-state index contributed by atoms with van der Waals surface area (Å²) in [7, 11) is 3.38. The molecule has 4 heteroatoms. The fraction of sp³-hybridized carbons (Fsp3) is 0.235. The molecule has 0 unspecified atom stereocenters. The second-order valence-electron chi connectivity index (χ2n) is 4.85. The molecule has 0 aliphatic carbocycles. The van der Waals surface area contributed by atoms with Gasteiger partial charge in [0.15, 0.2) is 0 Å². The Labute approximate surface area is 123 Å². The normalized spacial score (nSPS) is 11.0. The van der Waals surface area contributed by atoms with E-state index in [1.165, 1.54) is 0 Å². The number of benzene rings is 2. The van der Waals surface area contributed by atoms with Crippen LogP contribution in [0.5, 0.6) is 5.75 Å². The maximum absolute atomic E-state index is 5.44. The Morgan fingerprint density at radius 2 is 1.76 bits per heavy atom. The fourth-order valence-electron chi connectivity index (χ4n) is 2.55. The highest BCUT2D eigenvalue weighted by Crippen LogP contribution is 2.23. The van der Waals surface area contributed by atoms with Crippen LogP contribution in [-0.2, 0) is 17.9 Å². The molecule has 3 aromatic rings. The van der Waals surface area contributed by atoms with Crippen LogP contribution in [0.1, 0.15) is 11.4 Å². The van der Waals surface area contributed by atoms with E-state index in [1.807, 2.05) is 36.4 Å². The lowest BCUT2D eigenvalue weighted by atomic mass is 10.2. The molecule has 0 bridgehead atoms. The van der Waals surface area contributed by atoms with Crippen LogP contribution < -0.4 is 4.74 Å². The van der Waals surface area contributed by atoms with Crippen molar-refractivity contribution in [2.75, 3.05) is 14.2 Å². The van der Waals surface area contributed by atoms with E-state index in [-0.39, 0.29) is 0 Å². The average Bonchev–Trinajstić information content (AvgIpc) is 2.86. The number of methoxy groups -OCH3 is 2. The molecule has 21 heavy (non-hydrogen) atoms. The smallest absolute Gasteiger partial charge is 0.136 e. The van der Waals surface area contributed by atoms with Crippen molar-refractivity contribution in [3.63, 3.8) is 0 Å². The van der Waals surface area contributed by atoms with Gasteiger partial charge in [-0.05, 0) is 18.2 Å². The Kier molecular flexibility index (Phi) is 3.88. The van der Waals surface area contributed by atoms with Gasteiger partial charge in [-0.1, -0.05) is 30.3 Å². The molecule has 0 N–H and O–H groups in total. The highest BCUT2D eigenvalue weighted by molar-refractivity contribution is 5.76. The maximum atomic E-state index is 5.44. The van der Waals surface area contributed by atoms with E-state index in [2.05, 4.69) is 21.7 Å². The number of rotatable bonds is 5. The molecular weight excluding hydrogens is 264 g/mol. The van der Waals surface area contributed by atoms with Gasteiger partial charge in [0.25, 0.3) is 0 Å². The highest BCUT2D eigenvalue weighted by Gasteiger charge is 2.12. The lowest BCUT2D eigenvalue weighted by Gasteiger charge is -2.12. The first-order chi connectivity index (χ1) is 10.3. The number of para-hydroxylation sites is 3. The van der Waals surface area contributed by atoms with Crippen LogP contribution in [0, 0.1) is 0 Å². The SMILES string of the molecule is COCc1nc2ccccc2n1Cc1ccccc1OC. The summed E-state index contributed by atoms with van der Waals surface area (Å²) in [6.07, 6.45) is 0. The van der Waals surface area contributed by atoms with Gasteiger partial charge in [-0.15, -0.1) is 0 Å². The molecule has 0 saturated heterocycles. The predicted octanol–water partition coefficient (Wildman–Crippen LogP) is 3.24. The highest BCUT2D eigenvalue weighted by atomic mass is 16.5. The van der Waals surface area contributed by atoms with Crippen molar-refractivity contribution < 1.29 is 9.47 Å². The second-order valence-corrected chi connectivity index (χ2v) is 4.85. The molecule has 0 aliphatic rings. The summed E-state index contributed by atoms with van der Waals surface area (Å²) in [5, 5.41) is 0.